The van der Waals surface area contributed by atoms with Crippen molar-refractivity contribution in [1.82, 2.24) is 4.90 Å². The fraction of sp³-hybridized carbons (Fsp3) is 0.500. The van der Waals surface area contributed by atoms with E-state index in [2.05, 4.69) is 0 Å². The SMILES string of the molecule is Cc1ccccc1[C@@](C)(C(=O)O)N1CCOCC1. The second-order valence-electron chi connectivity index (χ2n) is 4.79. The molecule has 1 fully saturated rings. The smallest absolute Gasteiger partial charge is 0.328 e. The van der Waals surface area contributed by atoms with Crippen LogP contribution in [0.1, 0.15) is 18.1 Å². The maximum absolute atomic E-state index is 11.8. The lowest BCUT2D eigenvalue weighted by Gasteiger charge is -2.41. The molecule has 0 aliphatic carbocycles. The Morgan fingerprint density at radius 2 is 1.94 bits per heavy atom. The van der Waals surface area contributed by atoms with Crippen molar-refractivity contribution < 1.29 is 14.6 Å². The molecule has 4 heteroatoms. The van der Waals surface area contributed by atoms with Gasteiger partial charge in [0.25, 0.3) is 0 Å². The number of aliphatic carboxylic acids is 1. The van der Waals surface area contributed by atoms with E-state index in [9.17, 15) is 9.90 Å². The molecule has 1 N–H and O–H groups in total. The van der Waals surface area contributed by atoms with Gasteiger partial charge in [-0.1, -0.05) is 24.3 Å². The summed E-state index contributed by atoms with van der Waals surface area (Å²) < 4.78 is 5.31. The maximum Gasteiger partial charge on any atom is 0.328 e. The molecule has 18 heavy (non-hydrogen) atoms. The third-order valence-corrected chi connectivity index (χ3v) is 3.73. The van der Waals surface area contributed by atoms with Crippen LogP contribution in [0.4, 0.5) is 0 Å². The van der Waals surface area contributed by atoms with E-state index < -0.39 is 11.5 Å². The van der Waals surface area contributed by atoms with Gasteiger partial charge in [0, 0.05) is 13.1 Å². The van der Waals surface area contributed by atoms with Gasteiger partial charge in [-0.15, -0.1) is 0 Å². The first kappa shape index (κ1) is 13.1. The number of morpholine rings is 1. The number of benzene rings is 1. The number of hydrogen-bond acceptors (Lipinski definition) is 3. The molecule has 0 unspecified atom stereocenters. The summed E-state index contributed by atoms with van der Waals surface area (Å²) in [4.78, 5) is 13.8. The Labute approximate surface area is 107 Å². The van der Waals surface area contributed by atoms with Crippen LogP contribution >= 0.6 is 0 Å². The molecule has 0 spiro atoms. The summed E-state index contributed by atoms with van der Waals surface area (Å²) in [6.07, 6.45) is 0. The van der Waals surface area contributed by atoms with Crippen LogP contribution in [-0.4, -0.2) is 42.3 Å². The van der Waals surface area contributed by atoms with Crippen molar-refractivity contribution in [3.63, 3.8) is 0 Å². The second-order valence-corrected chi connectivity index (χ2v) is 4.79. The molecule has 0 saturated carbocycles. The summed E-state index contributed by atoms with van der Waals surface area (Å²) in [6.45, 7) is 6.22. The largest absolute Gasteiger partial charge is 0.480 e. The van der Waals surface area contributed by atoms with E-state index in [0.717, 1.165) is 11.1 Å². The Balaban J connectivity index is 2.43. The van der Waals surface area contributed by atoms with Crippen LogP contribution in [0, 0.1) is 6.92 Å². The highest BCUT2D eigenvalue weighted by Crippen LogP contribution is 2.31. The number of carbonyl (C=O) groups is 1. The molecular weight excluding hydrogens is 230 g/mol. The fourth-order valence-electron chi connectivity index (χ4n) is 2.55. The molecule has 4 nitrogen and oxygen atoms in total. The zero-order valence-corrected chi connectivity index (χ0v) is 10.8. The van der Waals surface area contributed by atoms with Crippen molar-refractivity contribution in [3.8, 4) is 0 Å². The zero-order chi connectivity index (χ0) is 13.2. The fourth-order valence-corrected chi connectivity index (χ4v) is 2.55. The average molecular weight is 249 g/mol. The van der Waals surface area contributed by atoms with Gasteiger partial charge >= 0.3 is 5.97 Å². The van der Waals surface area contributed by atoms with Crippen LogP contribution in [0.15, 0.2) is 24.3 Å². The van der Waals surface area contributed by atoms with Gasteiger partial charge in [-0.05, 0) is 25.0 Å². The first-order valence-electron chi connectivity index (χ1n) is 6.19. The van der Waals surface area contributed by atoms with Crippen LogP contribution in [-0.2, 0) is 15.1 Å². The second kappa shape index (κ2) is 5.08. The number of hydrogen-bond donors (Lipinski definition) is 1. The van der Waals surface area contributed by atoms with Gasteiger partial charge in [-0.2, -0.15) is 0 Å². The summed E-state index contributed by atoms with van der Waals surface area (Å²) in [5.41, 5.74) is 0.892. The summed E-state index contributed by atoms with van der Waals surface area (Å²) in [7, 11) is 0. The van der Waals surface area contributed by atoms with Crippen LogP contribution in [0.25, 0.3) is 0 Å². The van der Waals surface area contributed by atoms with E-state index in [1.165, 1.54) is 0 Å². The number of carboxylic acid groups (broad SMARTS) is 1. The topological polar surface area (TPSA) is 49.8 Å². The lowest BCUT2D eigenvalue weighted by molar-refractivity contribution is -0.154. The van der Waals surface area contributed by atoms with Gasteiger partial charge in [0.1, 0.15) is 5.54 Å². The van der Waals surface area contributed by atoms with Gasteiger partial charge in [-0.25, -0.2) is 4.79 Å². The third kappa shape index (κ3) is 2.13. The summed E-state index contributed by atoms with van der Waals surface area (Å²) in [5.74, 6) is -0.807. The Kier molecular flexibility index (Phi) is 3.68. The van der Waals surface area contributed by atoms with Crippen LogP contribution in [0.5, 0.6) is 0 Å². The maximum atomic E-state index is 11.8. The lowest BCUT2D eigenvalue weighted by Crippen LogP contribution is -2.54. The molecule has 1 atom stereocenters. The first-order valence-corrected chi connectivity index (χ1v) is 6.19. The van der Waals surface area contributed by atoms with Crippen molar-refractivity contribution in [2.75, 3.05) is 26.3 Å². The highest BCUT2D eigenvalue weighted by Gasteiger charge is 2.42. The third-order valence-electron chi connectivity index (χ3n) is 3.73. The molecule has 0 amide bonds. The molecule has 0 bridgehead atoms. The van der Waals surface area contributed by atoms with Gasteiger partial charge in [0.15, 0.2) is 0 Å². The van der Waals surface area contributed by atoms with Gasteiger partial charge < -0.3 is 9.84 Å². The molecule has 1 heterocycles. The van der Waals surface area contributed by atoms with Crippen molar-refractivity contribution in [1.29, 1.82) is 0 Å². The molecule has 1 aromatic carbocycles. The summed E-state index contributed by atoms with van der Waals surface area (Å²) in [6, 6.07) is 7.68. The van der Waals surface area contributed by atoms with E-state index >= 15 is 0 Å². The minimum atomic E-state index is -0.977. The molecule has 1 saturated heterocycles. The molecule has 0 radical (unpaired) electrons. The molecular formula is C14H19NO3. The molecule has 1 aliphatic heterocycles. The Morgan fingerprint density at radius 3 is 2.50 bits per heavy atom. The van der Waals surface area contributed by atoms with E-state index in [1.807, 2.05) is 36.1 Å². The molecule has 2 rings (SSSR count). The molecule has 1 aromatic rings. The van der Waals surface area contributed by atoms with E-state index in [-0.39, 0.29) is 0 Å². The van der Waals surface area contributed by atoms with Crippen molar-refractivity contribution in [2.24, 2.45) is 0 Å². The van der Waals surface area contributed by atoms with E-state index in [0.29, 0.717) is 26.3 Å². The van der Waals surface area contributed by atoms with Gasteiger partial charge in [-0.3, -0.25) is 4.90 Å². The monoisotopic (exact) mass is 249 g/mol. The van der Waals surface area contributed by atoms with E-state index in [4.69, 9.17) is 4.74 Å². The number of aryl methyl sites for hydroxylation is 1. The predicted octanol–water partition coefficient (Wildman–Crippen LogP) is 1.63. The summed E-state index contributed by atoms with van der Waals surface area (Å²) in [5, 5.41) is 9.68. The first-order chi connectivity index (χ1) is 8.56. The standard InChI is InChI=1S/C14H19NO3/c1-11-5-3-4-6-12(11)14(2,13(16)17)15-7-9-18-10-8-15/h3-6H,7-10H2,1-2H3,(H,16,17)/t14-/m0/s1. The number of rotatable bonds is 3. The normalized spacial score (nSPS) is 20.3. The number of ether oxygens (including phenoxy) is 1. The lowest BCUT2D eigenvalue weighted by atomic mass is 9.86. The van der Waals surface area contributed by atoms with Crippen molar-refractivity contribution >= 4 is 5.97 Å². The van der Waals surface area contributed by atoms with Crippen molar-refractivity contribution in [3.05, 3.63) is 35.4 Å². The number of nitrogens with zero attached hydrogens (tertiary/aromatic N) is 1. The van der Waals surface area contributed by atoms with Crippen LogP contribution < -0.4 is 0 Å². The van der Waals surface area contributed by atoms with Crippen LogP contribution in [0.2, 0.25) is 0 Å². The molecule has 1 aliphatic rings. The van der Waals surface area contributed by atoms with Gasteiger partial charge in [0.05, 0.1) is 13.2 Å². The zero-order valence-electron chi connectivity index (χ0n) is 10.8. The highest BCUT2D eigenvalue weighted by atomic mass is 16.5. The Morgan fingerprint density at radius 1 is 1.33 bits per heavy atom. The minimum Gasteiger partial charge on any atom is -0.480 e. The minimum absolute atomic E-state index is 0.592. The van der Waals surface area contributed by atoms with Crippen LogP contribution in [0.3, 0.4) is 0 Å². The highest BCUT2D eigenvalue weighted by molar-refractivity contribution is 5.80. The molecule has 0 aromatic heterocycles. The number of carboxylic acids is 1. The van der Waals surface area contributed by atoms with E-state index in [1.54, 1.807) is 6.92 Å². The quantitative estimate of drug-likeness (QED) is 0.884. The predicted molar refractivity (Wildman–Crippen MR) is 68.6 cm³/mol. The van der Waals surface area contributed by atoms with Crippen molar-refractivity contribution in [2.45, 2.75) is 19.4 Å². The Bertz CT molecular complexity index is 440. The Hall–Kier alpha value is -1.39. The molecule has 98 valence electrons. The van der Waals surface area contributed by atoms with Gasteiger partial charge in [0.2, 0.25) is 0 Å². The average Bonchev–Trinajstić information content (AvgIpc) is 2.39. The summed E-state index contributed by atoms with van der Waals surface area (Å²) >= 11 is 0.